The Bertz CT molecular complexity index is 578. The molecule has 1 fully saturated rings. The number of piperazine rings is 1. The van der Waals surface area contributed by atoms with Crippen LogP contribution < -0.4 is 0 Å². The van der Waals surface area contributed by atoms with Crippen molar-refractivity contribution in [2.45, 2.75) is 13.3 Å². The van der Waals surface area contributed by atoms with Crippen LogP contribution in [0.1, 0.15) is 18.9 Å². The fourth-order valence-electron chi connectivity index (χ4n) is 2.48. The lowest BCUT2D eigenvalue weighted by atomic mass is 10.1. The van der Waals surface area contributed by atoms with Crippen LogP contribution in [0.4, 0.5) is 9.18 Å². The van der Waals surface area contributed by atoms with Gasteiger partial charge in [-0.25, -0.2) is 9.18 Å². The summed E-state index contributed by atoms with van der Waals surface area (Å²) in [6.45, 7) is 5.58. The van der Waals surface area contributed by atoms with Crippen molar-refractivity contribution in [1.82, 2.24) is 9.80 Å². The van der Waals surface area contributed by atoms with Gasteiger partial charge >= 0.3 is 6.09 Å². The first kappa shape index (κ1) is 18.1. The highest BCUT2D eigenvalue weighted by atomic mass is 19.1. The largest absolute Gasteiger partial charge is 0.450 e. The van der Waals surface area contributed by atoms with Gasteiger partial charge in [-0.2, -0.15) is 0 Å². The highest BCUT2D eigenvalue weighted by Gasteiger charge is 2.21. The molecule has 1 aliphatic rings. The molecule has 0 unspecified atom stereocenters. The van der Waals surface area contributed by atoms with E-state index < -0.39 is 0 Å². The van der Waals surface area contributed by atoms with Gasteiger partial charge in [-0.15, -0.1) is 0 Å². The third-order valence-corrected chi connectivity index (χ3v) is 3.90. The minimum Gasteiger partial charge on any atom is -0.450 e. The molecule has 0 radical (unpaired) electrons. The third-order valence-electron chi connectivity index (χ3n) is 3.90. The standard InChI is InChI=1S/C18H23FN2O3/c1-2-24-18(23)21-13-11-20(12-14-21)10-9-17(22)8-5-15-3-6-16(19)7-4-15/h3-8H,2,9-14H2,1H3. The molecule has 0 atom stereocenters. The monoisotopic (exact) mass is 334 g/mol. The summed E-state index contributed by atoms with van der Waals surface area (Å²) in [4.78, 5) is 27.4. The highest BCUT2D eigenvalue weighted by molar-refractivity contribution is 5.93. The number of amides is 1. The molecule has 0 spiro atoms. The quantitative estimate of drug-likeness (QED) is 0.750. The van der Waals surface area contributed by atoms with E-state index in [0.717, 1.165) is 18.7 Å². The maximum Gasteiger partial charge on any atom is 0.409 e. The van der Waals surface area contributed by atoms with Crippen molar-refractivity contribution in [1.29, 1.82) is 0 Å². The molecular weight excluding hydrogens is 311 g/mol. The van der Waals surface area contributed by atoms with Crippen molar-refractivity contribution in [3.8, 4) is 0 Å². The van der Waals surface area contributed by atoms with Gasteiger partial charge in [0.15, 0.2) is 5.78 Å². The number of hydrogen-bond acceptors (Lipinski definition) is 4. The van der Waals surface area contributed by atoms with Crippen LogP contribution in [0.15, 0.2) is 30.3 Å². The van der Waals surface area contributed by atoms with Gasteiger partial charge in [0.25, 0.3) is 0 Å². The number of carbonyl (C=O) groups excluding carboxylic acids is 2. The zero-order chi connectivity index (χ0) is 17.4. The number of carbonyl (C=O) groups is 2. The fourth-order valence-corrected chi connectivity index (χ4v) is 2.48. The fraction of sp³-hybridized carbons (Fsp3) is 0.444. The average Bonchev–Trinajstić information content (AvgIpc) is 2.60. The Morgan fingerprint density at radius 3 is 2.46 bits per heavy atom. The molecule has 1 aromatic rings. The second-order valence-corrected chi connectivity index (χ2v) is 5.63. The molecule has 1 saturated heterocycles. The number of hydrogen-bond donors (Lipinski definition) is 0. The predicted octanol–water partition coefficient (Wildman–Crippen LogP) is 2.57. The van der Waals surface area contributed by atoms with E-state index in [2.05, 4.69) is 4.90 Å². The Kier molecular flexibility index (Phi) is 6.93. The third kappa shape index (κ3) is 5.77. The van der Waals surface area contributed by atoms with Crippen LogP contribution in [0, 0.1) is 5.82 Å². The molecule has 1 amide bonds. The first-order valence-electron chi connectivity index (χ1n) is 8.19. The van der Waals surface area contributed by atoms with Crippen molar-refractivity contribution in [3.05, 3.63) is 41.7 Å². The highest BCUT2D eigenvalue weighted by Crippen LogP contribution is 2.07. The van der Waals surface area contributed by atoms with Crippen molar-refractivity contribution >= 4 is 18.0 Å². The molecule has 0 N–H and O–H groups in total. The summed E-state index contributed by atoms with van der Waals surface area (Å²) < 4.78 is 17.8. The molecule has 0 bridgehead atoms. The maximum atomic E-state index is 12.8. The number of halogens is 1. The van der Waals surface area contributed by atoms with Gasteiger partial charge in [0.1, 0.15) is 5.82 Å². The lowest BCUT2D eigenvalue weighted by molar-refractivity contribution is -0.115. The lowest BCUT2D eigenvalue weighted by Crippen LogP contribution is -2.49. The normalized spacial score (nSPS) is 15.7. The number of ether oxygens (including phenoxy) is 1. The first-order valence-corrected chi connectivity index (χ1v) is 8.19. The minimum absolute atomic E-state index is 0.0344. The van der Waals surface area contributed by atoms with Crippen LogP contribution >= 0.6 is 0 Å². The molecule has 24 heavy (non-hydrogen) atoms. The summed E-state index contributed by atoms with van der Waals surface area (Å²) in [6.07, 6.45) is 3.38. The van der Waals surface area contributed by atoms with Gasteiger partial charge in [0, 0.05) is 39.1 Å². The van der Waals surface area contributed by atoms with Gasteiger partial charge in [0.2, 0.25) is 0 Å². The lowest BCUT2D eigenvalue weighted by Gasteiger charge is -2.33. The van der Waals surface area contributed by atoms with Crippen molar-refractivity contribution in [2.24, 2.45) is 0 Å². The SMILES string of the molecule is CCOC(=O)N1CCN(CCC(=O)C=Cc2ccc(F)cc2)CC1. The summed E-state index contributed by atoms with van der Waals surface area (Å²) in [6, 6.07) is 6.00. The molecule has 1 heterocycles. The van der Waals surface area contributed by atoms with Crippen LogP contribution in [0.3, 0.4) is 0 Å². The van der Waals surface area contributed by atoms with Gasteiger partial charge in [-0.05, 0) is 30.7 Å². The topological polar surface area (TPSA) is 49.9 Å². The van der Waals surface area contributed by atoms with Gasteiger partial charge < -0.3 is 9.64 Å². The average molecular weight is 334 g/mol. The molecule has 130 valence electrons. The summed E-state index contributed by atoms with van der Waals surface area (Å²) >= 11 is 0. The van der Waals surface area contributed by atoms with Crippen LogP contribution in [-0.2, 0) is 9.53 Å². The van der Waals surface area contributed by atoms with Gasteiger partial charge in [-0.3, -0.25) is 9.69 Å². The Hall–Kier alpha value is -2.21. The predicted molar refractivity (Wildman–Crippen MR) is 90.1 cm³/mol. The zero-order valence-corrected chi connectivity index (χ0v) is 13.9. The molecule has 0 aromatic heterocycles. The molecule has 1 aliphatic heterocycles. The Morgan fingerprint density at radius 1 is 1.17 bits per heavy atom. The minimum atomic E-state index is -0.291. The number of ketones is 1. The number of rotatable bonds is 6. The molecule has 1 aromatic carbocycles. The van der Waals surface area contributed by atoms with Gasteiger partial charge in [0.05, 0.1) is 6.61 Å². The zero-order valence-electron chi connectivity index (χ0n) is 13.9. The summed E-state index contributed by atoms with van der Waals surface area (Å²) in [5.74, 6) is -0.257. The smallest absolute Gasteiger partial charge is 0.409 e. The number of nitrogens with zero attached hydrogens (tertiary/aromatic N) is 2. The van der Waals surface area contributed by atoms with E-state index >= 15 is 0 Å². The maximum absolute atomic E-state index is 12.8. The first-order chi connectivity index (χ1) is 11.6. The van der Waals surface area contributed by atoms with E-state index in [0.29, 0.717) is 32.7 Å². The Labute approximate surface area is 141 Å². The Balaban J connectivity index is 1.69. The van der Waals surface area contributed by atoms with Crippen LogP contribution in [0.5, 0.6) is 0 Å². The summed E-state index contributed by atoms with van der Waals surface area (Å²) in [5, 5.41) is 0. The second kappa shape index (κ2) is 9.17. The Morgan fingerprint density at radius 2 is 1.83 bits per heavy atom. The van der Waals surface area contributed by atoms with E-state index in [-0.39, 0.29) is 17.7 Å². The van der Waals surface area contributed by atoms with E-state index in [1.807, 2.05) is 0 Å². The van der Waals surface area contributed by atoms with E-state index in [1.165, 1.54) is 18.2 Å². The molecule has 6 heteroatoms. The molecule has 2 rings (SSSR count). The van der Waals surface area contributed by atoms with Crippen LogP contribution in [0.2, 0.25) is 0 Å². The molecule has 0 saturated carbocycles. The molecular formula is C18H23FN2O3. The summed E-state index contributed by atoms with van der Waals surface area (Å²) in [5.41, 5.74) is 0.799. The summed E-state index contributed by atoms with van der Waals surface area (Å²) in [7, 11) is 0. The van der Waals surface area contributed by atoms with E-state index in [1.54, 1.807) is 30.0 Å². The van der Waals surface area contributed by atoms with Gasteiger partial charge in [-0.1, -0.05) is 18.2 Å². The van der Waals surface area contributed by atoms with Crippen molar-refractivity contribution in [3.63, 3.8) is 0 Å². The molecule has 0 aliphatic carbocycles. The van der Waals surface area contributed by atoms with Crippen molar-refractivity contribution in [2.75, 3.05) is 39.3 Å². The van der Waals surface area contributed by atoms with Crippen LogP contribution in [-0.4, -0.2) is 61.0 Å². The number of benzene rings is 1. The molecule has 5 nitrogen and oxygen atoms in total. The van der Waals surface area contributed by atoms with E-state index in [4.69, 9.17) is 4.74 Å². The second-order valence-electron chi connectivity index (χ2n) is 5.63. The van der Waals surface area contributed by atoms with Crippen molar-refractivity contribution < 1.29 is 18.7 Å². The number of allylic oxidation sites excluding steroid dienone is 1. The van der Waals surface area contributed by atoms with E-state index in [9.17, 15) is 14.0 Å². The van der Waals surface area contributed by atoms with Crippen LogP contribution in [0.25, 0.3) is 6.08 Å².